The number of phenols is 1. The maximum Gasteiger partial charge on any atom is 0.339 e. The first-order valence-corrected chi connectivity index (χ1v) is 22.0. The normalized spacial score (nSPS) is 13.7. The van der Waals surface area contributed by atoms with Crippen LogP contribution in [-0.4, -0.2) is 98.3 Å². The van der Waals surface area contributed by atoms with E-state index >= 15 is 0 Å². The van der Waals surface area contributed by atoms with Gasteiger partial charge in [0, 0.05) is 22.5 Å². The van der Waals surface area contributed by atoms with Gasteiger partial charge in [-0.3, -0.25) is 43.7 Å². The first-order chi connectivity index (χ1) is 31.8. The molecular weight excluding hydrogens is 985 g/mol. The van der Waals surface area contributed by atoms with E-state index in [1.54, 1.807) is 68.4 Å². The lowest BCUT2D eigenvalue weighted by Gasteiger charge is -2.29. The second-order valence-corrected chi connectivity index (χ2v) is 17.3. The van der Waals surface area contributed by atoms with Crippen LogP contribution in [0, 0.1) is 33.4 Å². The van der Waals surface area contributed by atoms with Gasteiger partial charge in [0.15, 0.2) is 18.1 Å². The summed E-state index contributed by atoms with van der Waals surface area (Å²) in [7, 11) is 0. The number of rotatable bonds is 22. The van der Waals surface area contributed by atoms with Crippen molar-refractivity contribution in [2.45, 2.75) is 83.0 Å². The molecule has 0 saturated heterocycles. The molecule has 0 radical (unpaired) electrons. The maximum atomic E-state index is 14.3. The molecule has 0 aromatic heterocycles. The Balaban J connectivity index is 1.39. The van der Waals surface area contributed by atoms with Crippen molar-refractivity contribution in [2.75, 3.05) is 6.61 Å². The summed E-state index contributed by atoms with van der Waals surface area (Å²) in [6, 6.07) is 16.3. The molecule has 19 nitrogen and oxygen atoms in total. The lowest BCUT2D eigenvalue weighted by atomic mass is 9.94. The van der Waals surface area contributed by atoms with Crippen LogP contribution in [0.15, 0.2) is 84.9 Å². The third kappa shape index (κ3) is 14.4. The van der Waals surface area contributed by atoms with Gasteiger partial charge in [-0.25, -0.2) is 4.79 Å². The number of esters is 1. The van der Waals surface area contributed by atoms with Crippen LogP contribution in [0.2, 0.25) is 0 Å². The third-order valence-corrected chi connectivity index (χ3v) is 11.9. The average molecular weight is 1030 g/mol. The van der Waals surface area contributed by atoms with Gasteiger partial charge in [0.25, 0.3) is 0 Å². The number of carboxylic acid groups (broad SMARTS) is 2. The van der Waals surface area contributed by atoms with Crippen LogP contribution in [0.25, 0.3) is 0 Å². The molecule has 4 aromatic rings. The van der Waals surface area contributed by atoms with Gasteiger partial charge in [0.1, 0.15) is 24.2 Å². The summed E-state index contributed by atoms with van der Waals surface area (Å²) < 4.78 is 6.13. The fourth-order valence-electron chi connectivity index (χ4n) is 7.74. The largest absolute Gasteiger partial charge is 0.502 e. The van der Waals surface area contributed by atoms with Crippen molar-refractivity contribution in [3.63, 3.8) is 0 Å². The monoisotopic (exact) mass is 1030 g/mol. The summed E-state index contributed by atoms with van der Waals surface area (Å²) in [5, 5.41) is 50.8. The fraction of sp³-hybridized carbons (Fsp3) is 0.319. The number of phenolic OH excluding ortho intramolecular Hbond substituents is 1. The zero-order chi connectivity index (χ0) is 48.9. The molecule has 0 unspecified atom stereocenters. The van der Waals surface area contributed by atoms with Gasteiger partial charge < -0.3 is 41.3 Å². The quantitative estimate of drug-likeness (QED) is 0.0257. The number of ketones is 1. The van der Waals surface area contributed by atoms with Gasteiger partial charge in [0.05, 0.1) is 23.3 Å². The molecule has 0 aliphatic heterocycles. The van der Waals surface area contributed by atoms with Gasteiger partial charge >= 0.3 is 23.6 Å². The Morgan fingerprint density at radius 3 is 1.94 bits per heavy atom. The van der Waals surface area contributed by atoms with Crippen molar-refractivity contribution in [1.29, 1.82) is 0 Å². The van der Waals surface area contributed by atoms with E-state index in [0.29, 0.717) is 16.7 Å². The topological polar surface area (TPSA) is 298 Å². The second-order valence-electron chi connectivity index (χ2n) is 16.1. The summed E-state index contributed by atoms with van der Waals surface area (Å²) in [6.45, 7) is 2.45. The van der Waals surface area contributed by atoms with Gasteiger partial charge in [-0.1, -0.05) is 60.7 Å². The van der Waals surface area contributed by atoms with E-state index in [1.165, 1.54) is 6.07 Å². The number of halogens is 1. The van der Waals surface area contributed by atoms with Gasteiger partial charge in [0.2, 0.25) is 23.6 Å². The number of amides is 4. The molecule has 20 heteroatoms. The highest BCUT2D eigenvalue weighted by Gasteiger charge is 2.39. The number of ether oxygens (including phenoxy) is 1. The van der Waals surface area contributed by atoms with Crippen molar-refractivity contribution >= 4 is 75.6 Å². The van der Waals surface area contributed by atoms with E-state index in [4.69, 9.17) is 4.74 Å². The zero-order valence-corrected chi connectivity index (χ0v) is 38.4. The Morgan fingerprint density at radius 1 is 0.746 bits per heavy atom. The predicted molar refractivity (Wildman–Crippen MR) is 247 cm³/mol. The summed E-state index contributed by atoms with van der Waals surface area (Å²) in [5.74, 6) is -9.56. The molecule has 0 fully saturated rings. The molecule has 7 N–H and O–H groups in total. The predicted octanol–water partition coefficient (Wildman–Crippen LogP) is 3.43. The molecule has 0 spiro atoms. The molecule has 1 aliphatic carbocycles. The molecule has 0 saturated carbocycles. The fourth-order valence-corrected chi connectivity index (χ4v) is 8.10. The van der Waals surface area contributed by atoms with E-state index in [2.05, 4.69) is 43.9 Å². The number of nitro benzene ring substituents is 1. The minimum Gasteiger partial charge on any atom is -0.502 e. The van der Waals surface area contributed by atoms with Crippen LogP contribution in [0.3, 0.4) is 0 Å². The Kier molecular flexibility index (Phi) is 17.6. The van der Waals surface area contributed by atoms with E-state index in [9.17, 15) is 63.8 Å². The molecule has 4 aromatic carbocycles. The summed E-state index contributed by atoms with van der Waals surface area (Å²) >= 11 is 2.08. The number of benzene rings is 4. The smallest absolute Gasteiger partial charge is 0.339 e. The van der Waals surface area contributed by atoms with Crippen molar-refractivity contribution in [1.82, 2.24) is 21.3 Å². The van der Waals surface area contributed by atoms with Crippen LogP contribution in [0.1, 0.15) is 63.0 Å². The first kappa shape index (κ1) is 50.8. The lowest BCUT2D eigenvalue weighted by molar-refractivity contribution is -0.385. The van der Waals surface area contributed by atoms with Crippen molar-refractivity contribution in [2.24, 2.45) is 5.92 Å². The Hall–Kier alpha value is -7.23. The van der Waals surface area contributed by atoms with E-state index < -0.39 is 126 Å². The average Bonchev–Trinajstić information content (AvgIpc) is 3.70. The van der Waals surface area contributed by atoms with Gasteiger partial charge in [-0.2, -0.15) is 0 Å². The Morgan fingerprint density at radius 2 is 1.34 bits per heavy atom. The van der Waals surface area contributed by atoms with Crippen LogP contribution < -0.4 is 21.3 Å². The second kappa shape index (κ2) is 23.3. The summed E-state index contributed by atoms with van der Waals surface area (Å²) in [6.07, 6.45) is -2.11. The highest BCUT2D eigenvalue weighted by molar-refractivity contribution is 14.1. The van der Waals surface area contributed by atoms with Gasteiger partial charge in [-0.15, -0.1) is 0 Å². The SMILES string of the molecule is Cc1cccc(C)c1C(=O)OCC(=O)[C@H](CC(=O)O)NC(=O)[C@@H](NC(=O)[C@H](CCC(=O)O)NC(=O)[C@H](Cc1ccc(I)cc1)NC(=O)Cc1ccc(O)c([N+](=O)[O-])c1)C1Cc2ccccc2C1. The number of aromatic hydroxyl groups is 1. The number of aryl methyl sites for hydroxylation is 2. The highest BCUT2D eigenvalue weighted by atomic mass is 127. The van der Waals surface area contributed by atoms with Crippen LogP contribution in [0.5, 0.6) is 5.75 Å². The van der Waals surface area contributed by atoms with Crippen molar-refractivity contribution in [3.05, 3.63) is 138 Å². The number of hydrogen-bond acceptors (Lipinski definition) is 12. The molecule has 4 amide bonds. The first-order valence-electron chi connectivity index (χ1n) is 21.0. The lowest BCUT2D eigenvalue weighted by Crippen LogP contribution is -2.60. The molecule has 5 rings (SSSR count). The Labute approximate surface area is 397 Å². The number of carboxylic acids is 2. The number of carbonyl (C=O) groups is 8. The van der Waals surface area contributed by atoms with Crippen LogP contribution >= 0.6 is 22.6 Å². The number of aliphatic carboxylic acids is 2. The number of nitro groups is 1. The van der Waals surface area contributed by atoms with Crippen molar-refractivity contribution in [3.8, 4) is 5.75 Å². The minimum atomic E-state index is -1.72. The summed E-state index contributed by atoms with van der Waals surface area (Å²) in [4.78, 5) is 117. The molecule has 0 heterocycles. The summed E-state index contributed by atoms with van der Waals surface area (Å²) in [5.41, 5.74) is 3.15. The number of hydrogen-bond donors (Lipinski definition) is 7. The number of Topliss-reactive ketones (excluding diaryl/α,β-unsaturated/α-hetero) is 1. The van der Waals surface area contributed by atoms with E-state index in [1.807, 2.05) is 12.1 Å². The molecule has 4 atom stereocenters. The minimum absolute atomic E-state index is 0.123. The molecule has 67 heavy (non-hydrogen) atoms. The maximum absolute atomic E-state index is 14.3. The molecule has 352 valence electrons. The zero-order valence-electron chi connectivity index (χ0n) is 36.3. The standard InChI is InChI=1S/C47H48IN5O14/c1-25-6-5-7-26(2)42(25)47(64)67-24-38(55)34(23-41(59)60)51-46(63)43(31-21-29-8-3-4-9-30(29)22-31)52-44(61)33(15-17-40(57)58)50-45(62)35(18-27-10-13-32(48)14-11-27)49-39(56)20-28-12-16-37(54)36(19-28)53(65)66/h3-14,16,19,31,33-35,43,54H,15,17-18,20-24H2,1-2H3,(H,49,56)(H,50,62)(H,51,63)(H,52,61)(H,57,58)(H,59,60)/t33-,34-,35-,43-/m0/s1. The molecule has 1 aliphatic rings. The molecular formula is C47H48IN5O14. The highest BCUT2D eigenvalue weighted by Crippen LogP contribution is 2.30. The van der Waals surface area contributed by atoms with E-state index in [-0.39, 0.29) is 30.4 Å². The van der Waals surface area contributed by atoms with Crippen LogP contribution in [-0.2, 0) is 64.0 Å². The number of fused-ring (bicyclic) bond motifs is 1. The number of nitrogens with one attached hydrogen (secondary N) is 4. The van der Waals surface area contributed by atoms with E-state index in [0.717, 1.165) is 26.8 Å². The number of nitrogens with zero attached hydrogens (tertiary/aromatic N) is 1. The Bertz CT molecular complexity index is 2520. The van der Waals surface area contributed by atoms with Gasteiger partial charge in [-0.05, 0) is 113 Å². The van der Waals surface area contributed by atoms with Crippen LogP contribution in [0.4, 0.5) is 5.69 Å². The van der Waals surface area contributed by atoms with Crippen molar-refractivity contribution < 1.29 is 63.3 Å². The third-order valence-electron chi connectivity index (χ3n) is 11.1. The molecule has 0 bridgehead atoms. The number of carbonyl (C=O) groups excluding carboxylic acids is 6.